The lowest BCUT2D eigenvalue weighted by Gasteiger charge is -2.17. The van der Waals surface area contributed by atoms with Crippen molar-refractivity contribution in [1.82, 2.24) is 21.2 Å². The third-order valence-corrected chi connectivity index (χ3v) is 4.68. The SMILES string of the molecule is CCOc1cc2nccc(Oc3ccc(NC(=O)C4=CNCNN4)cc3F)c2cc1OCC. The summed E-state index contributed by atoms with van der Waals surface area (Å²) in [7, 11) is 0. The third-order valence-electron chi connectivity index (χ3n) is 4.68. The standard InChI is InChI=1S/C23H24FN5O4/c1-3-31-21-10-15-17(11-22(21)32-4-2)26-8-7-19(15)33-20-6-5-14(9-16(20)24)28-23(30)18-12-25-13-27-29-18/h5-12,25,27,29H,3-4,13H2,1-2H3,(H,28,30). The molecule has 4 N–H and O–H groups in total. The predicted molar refractivity (Wildman–Crippen MR) is 122 cm³/mol. The Hall–Kier alpha value is -4.05. The lowest BCUT2D eigenvalue weighted by Crippen LogP contribution is -2.45. The Balaban J connectivity index is 1.58. The number of nitrogens with zero attached hydrogens (tertiary/aromatic N) is 1. The number of anilines is 1. The molecule has 0 bridgehead atoms. The van der Waals surface area contributed by atoms with Crippen molar-refractivity contribution in [2.75, 3.05) is 25.2 Å². The van der Waals surface area contributed by atoms with Crippen molar-refractivity contribution in [2.45, 2.75) is 13.8 Å². The zero-order valence-electron chi connectivity index (χ0n) is 18.2. The molecule has 0 radical (unpaired) electrons. The minimum Gasteiger partial charge on any atom is -0.490 e. The van der Waals surface area contributed by atoms with Crippen LogP contribution in [0.25, 0.3) is 10.9 Å². The summed E-state index contributed by atoms with van der Waals surface area (Å²) in [6.07, 6.45) is 3.11. The maximum absolute atomic E-state index is 14.8. The second-order valence-corrected chi connectivity index (χ2v) is 6.93. The molecule has 33 heavy (non-hydrogen) atoms. The van der Waals surface area contributed by atoms with Gasteiger partial charge in [0.15, 0.2) is 23.1 Å². The molecule has 0 unspecified atom stereocenters. The first-order chi connectivity index (χ1) is 16.1. The Morgan fingerprint density at radius 3 is 2.55 bits per heavy atom. The van der Waals surface area contributed by atoms with Crippen LogP contribution in [0.1, 0.15) is 13.8 Å². The number of carbonyl (C=O) groups excluding carboxylic acids is 1. The summed E-state index contributed by atoms with van der Waals surface area (Å²) < 4.78 is 32.0. The zero-order chi connectivity index (χ0) is 23.2. The first kappa shape index (κ1) is 22.2. The van der Waals surface area contributed by atoms with Gasteiger partial charge in [0.05, 0.1) is 25.4 Å². The number of benzene rings is 2. The normalized spacial score (nSPS) is 12.9. The largest absolute Gasteiger partial charge is 0.490 e. The number of aromatic nitrogens is 1. The fraction of sp³-hybridized carbons (Fsp3) is 0.217. The Morgan fingerprint density at radius 1 is 1.06 bits per heavy atom. The summed E-state index contributed by atoms with van der Waals surface area (Å²) in [6, 6.07) is 9.39. The first-order valence-electron chi connectivity index (χ1n) is 10.5. The number of rotatable bonds is 8. The van der Waals surface area contributed by atoms with Gasteiger partial charge < -0.3 is 30.3 Å². The average molecular weight is 453 g/mol. The fourth-order valence-corrected chi connectivity index (χ4v) is 3.23. The van der Waals surface area contributed by atoms with E-state index in [1.807, 2.05) is 13.8 Å². The second-order valence-electron chi connectivity index (χ2n) is 6.93. The lowest BCUT2D eigenvalue weighted by atomic mass is 10.1. The molecule has 1 amide bonds. The number of nitrogens with one attached hydrogen (secondary N) is 4. The molecule has 4 rings (SSSR count). The van der Waals surface area contributed by atoms with E-state index in [1.165, 1.54) is 18.3 Å². The summed E-state index contributed by atoms with van der Waals surface area (Å²) in [5, 5.41) is 6.15. The molecular weight excluding hydrogens is 429 g/mol. The molecule has 0 spiro atoms. The van der Waals surface area contributed by atoms with E-state index in [0.29, 0.717) is 48.0 Å². The highest BCUT2D eigenvalue weighted by molar-refractivity contribution is 6.03. The topological polar surface area (TPSA) is 106 Å². The smallest absolute Gasteiger partial charge is 0.274 e. The lowest BCUT2D eigenvalue weighted by molar-refractivity contribution is -0.113. The van der Waals surface area contributed by atoms with E-state index < -0.39 is 11.7 Å². The molecule has 2 heterocycles. The summed E-state index contributed by atoms with van der Waals surface area (Å²) in [6.45, 7) is 5.20. The molecule has 1 aliphatic heterocycles. The Kier molecular flexibility index (Phi) is 6.75. The van der Waals surface area contributed by atoms with E-state index in [9.17, 15) is 9.18 Å². The molecule has 0 atom stereocenters. The number of hydrazine groups is 1. The van der Waals surface area contributed by atoms with Crippen LogP contribution in [-0.2, 0) is 4.79 Å². The molecule has 1 aromatic heterocycles. The highest BCUT2D eigenvalue weighted by atomic mass is 19.1. The molecule has 9 nitrogen and oxygen atoms in total. The number of halogens is 1. The monoisotopic (exact) mass is 453 g/mol. The Morgan fingerprint density at radius 2 is 1.85 bits per heavy atom. The van der Waals surface area contributed by atoms with Gasteiger partial charge in [-0.3, -0.25) is 9.78 Å². The van der Waals surface area contributed by atoms with Crippen LogP contribution in [0.15, 0.2) is 54.5 Å². The van der Waals surface area contributed by atoms with Gasteiger partial charge >= 0.3 is 0 Å². The van der Waals surface area contributed by atoms with Gasteiger partial charge in [0.25, 0.3) is 5.91 Å². The van der Waals surface area contributed by atoms with Gasteiger partial charge in [-0.1, -0.05) is 0 Å². The first-order valence-corrected chi connectivity index (χ1v) is 10.5. The maximum Gasteiger partial charge on any atom is 0.274 e. The van der Waals surface area contributed by atoms with Crippen molar-refractivity contribution >= 4 is 22.5 Å². The molecule has 0 aliphatic carbocycles. The number of hydrogen-bond donors (Lipinski definition) is 4. The van der Waals surface area contributed by atoms with Crippen LogP contribution < -0.4 is 35.7 Å². The van der Waals surface area contributed by atoms with E-state index in [0.717, 1.165) is 0 Å². The summed E-state index contributed by atoms with van der Waals surface area (Å²) in [5.41, 5.74) is 6.71. The van der Waals surface area contributed by atoms with Crippen molar-refractivity contribution < 1.29 is 23.4 Å². The van der Waals surface area contributed by atoms with Crippen molar-refractivity contribution in [3.8, 4) is 23.0 Å². The van der Waals surface area contributed by atoms with E-state index in [2.05, 4.69) is 26.5 Å². The van der Waals surface area contributed by atoms with Gasteiger partial charge in [0, 0.05) is 35.6 Å². The van der Waals surface area contributed by atoms with Gasteiger partial charge in [-0.15, -0.1) is 0 Å². The minimum atomic E-state index is -0.629. The van der Waals surface area contributed by atoms with Crippen LogP contribution in [0.5, 0.6) is 23.0 Å². The second kappa shape index (κ2) is 10.0. The Bertz CT molecular complexity index is 1200. The molecule has 3 aromatic rings. The quantitative estimate of drug-likeness (QED) is 0.411. The van der Waals surface area contributed by atoms with Crippen LogP contribution in [0.2, 0.25) is 0 Å². The van der Waals surface area contributed by atoms with Crippen LogP contribution >= 0.6 is 0 Å². The average Bonchev–Trinajstić information content (AvgIpc) is 2.82. The van der Waals surface area contributed by atoms with Crippen LogP contribution in [0.3, 0.4) is 0 Å². The number of hydrogen-bond acceptors (Lipinski definition) is 8. The number of ether oxygens (including phenoxy) is 3. The zero-order valence-corrected chi connectivity index (χ0v) is 18.2. The van der Waals surface area contributed by atoms with Gasteiger partial charge in [-0.25, -0.2) is 9.82 Å². The fourth-order valence-electron chi connectivity index (χ4n) is 3.23. The molecular formula is C23H24FN5O4. The van der Waals surface area contributed by atoms with E-state index >= 15 is 0 Å². The number of pyridine rings is 1. The molecule has 1 aliphatic rings. The molecule has 10 heteroatoms. The number of carbonyl (C=O) groups is 1. The van der Waals surface area contributed by atoms with Crippen LogP contribution in [0, 0.1) is 5.82 Å². The van der Waals surface area contributed by atoms with E-state index in [4.69, 9.17) is 14.2 Å². The number of amides is 1. The van der Waals surface area contributed by atoms with Gasteiger partial charge in [-0.2, -0.15) is 0 Å². The Labute approximate surface area is 189 Å². The molecule has 172 valence electrons. The summed E-state index contributed by atoms with van der Waals surface area (Å²) in [4.78, 5) is 16.6. The molecule has 2 aromatic carbocycles. The highest BCUT2D eigenvalue weighted by Gasteiger charge is 2.16. The maximum atomic E-state index is 14.8. The van der Waals surface area contributed by atoms with Gasteiger partial charge in [-0.05, 0) is 38.1 Å². The summed E-state index contributed by atoms with van der Waals surface area (Å²) >= 11 is 0. The van der Waals surface area contributed by atoms with Gasteiger partial charge in [0.2, 0.25) is 0 Å². The molecule has 0 saturated heterocycles. The summed E-state index contributed by atoms with van der Waals surface area (Å²) in [5.74, 6) is 0.500. The van der Waals surface area contributed by atoms with Crippen molar-refractivity contribution in [1.29, 1.82) is 0 Å². The van der Waals surface area contributed by atoms with Crippen LogP contribution in [0.4, 0.5) is 10.1 Å². The molecule has 0 fully saturated rings. The van der Waals surface area contributed by atoms with Crippen molar-refractivity contribution in [3.05, 3.63) is 60.3 Å². The van der Waals surface area contributed by atoms with Gasteiger partial charge in [0.1, 0.15) is 11.4 Å². The van der Waals surface area contributed by atoms with E-state index in [-0.39, 0.29) is 17.1 Å². The number of fused-ring (bicyclic) bond motifs is 1. The van der Waals surface area contributed by atoms with Crippen LogP contribution in [-0.4, -0.2) is 30.8 Å². The minimum absolute atomic E-state index is 0.00526. The highest BCUT2D eigenvalue weighted by Crippen LogP contribution is 2.38. The van der Waals surface area contributed by atoms with Crippen molar-refractivity contribution in [2.24, 2.45) is 0 Å². The van der Waals surface area contributed by atoms with E-state index in [1.54, 1.807) is 30.5 Å². The predicted octanol–water partition coefficient (Wildman–Crippen LogP) is 3.40. The van der Waals surface area contributed by atoms with Crippen molar-refractivity contribution in [3.63, 3.8) is 0 Å². The molecule has 0 saturated carbocycles. The third kappa shape index (κ3) is 5.07.